The molecular weight excluding hydrogens is 306 g/mol. The predicted octanol–water partition coefficient (Wildman–Crippen LogP) is 3.11. The molecule has 6 heteroatoms. The zero-order chi connectivity index (χ0) is 17.1. The number of amides is 1. The van der Waals surface area contributed by atoms with Crippen LogP contribution in [0.25, 0.3) is 11.4 Å². The van der Waals surface area contributed by atoms with Gasteiger partial charge in [-0.05, 0) is 37.1 Å². The second-order valence-corrected chi connectivity index (χ2v) is 6.46. The quantitative estimate of drug-likeness (QED) is 0.862. The van der Waals surface area contributed by atoms with Gasteiger partial charge in [-0.3, -0.25) is 4.79 Å². The summed E-state index contributed by atoms with van der Waals surface area (Å²) in [6.45, 7) is 5.33. The highest BCUT2D eigenvalue weighted by molar-refractivity contribution is 5.78. The molecule has 1 saturated heterocycles. The number of likely N-dealkylation sites (tertiary alicyclic amines) is 1. The van der Waals surface area contributed by atoms with Gasteiger partial charge in [-0.2, -0.15) is 4.98 Å². The van der Waals surface area contributed by atoms with Crippen molar-refractivity contribution in [1.82, 2.24) is 15.0 Å². The van der Waals surface area contributed by atoms with Crippen molar-refractivity contribution < 1.29 is 14.1 Å². The lowest BCUT2D eigenvalue weighted by Crippen LogP contribution is -2.41. The van der Waals surface area contributed by atoms with Crippen molar-refractivity contribution >= 4 is 5.91 Å². The Bertz CT molecular complexity index is 694. The predicted molar refractivity (Wildman–Crippen MR) is 89.7 cm³/mol. The maximum atomic E-state index is 12.2. The third-order valence-corrected chi connectivity index (χ3v) is 4.37. The summed E-state index contributed by atoms with van der Waals surface area (Å²) in [5.74, 6) is 2.29. The molecule has 0 saturated carbocycles. The van der Waals surface area contributed by atoms with Gasteiger partial charge >= 0.3 is 0 Å². The van der Waals surface area contributed by atoms with Crippen LogP contribution in [0.3, 0.4) is 0 Å². The molecule has 2 aromatic rings. The van der Waals surface area contributed by atoms with Crippen LogP contribution in [0.2, 0.25) is 0 Å². The molecule has 1 fully saturated rings. The Kier molecular flexibility index (Phi) is 4.83. The topological polar surface area (TPSA) is 68.5 Å². The molecule has 1 amide bonds. The number of nitrogens with zero attached hydrogens (tertiary/aromatic N) is 3. The van der Waals surface area contributed by atoms with Crippen molar-refractivity contribution in [2.24, 2.45) is 5.92 Å². The van der Waals surface area contributed by atoms with Gasteiger partial charge in [0.15, 0.2) is 0 Å². The van der Waals surface area contributed by atoms with E-state index in [1.54, 1.807) is 7.11 Å². The van der Waals surface area contributed by atoms with E-state index < -0.39 is 0 Å². The van der Waals surface area contributed by atoms with E-state index in [9.17, 15) is 4.79 Å². The normalized spacial score (nSPS) is 18.0. The van der Waals surface area contributed by atoms with E-state index in [0.29, 0.717) is 18.3 Å². The van der Waals surface area contributed by atoms with E-state index in [1.165, 1.54) is 0 Å². The van der Waals surface area contributed by atoms with Crippen molar-refractivity contribution in [2.75, 3.05) is 20.2 Å². The third-order valence-electron chi connectivity index (χ3n) is 4.37. The monoisotopic (exact) mass is 329 g/mol. The third kappa shape index (κ3) is 3.42. The first-order valence-electron chi connectivity index (χ1n) is 8.35. The Morgan fingerprint density at radius 2 is 2.08 bits per heavy atom. The van der Waals surface area contributed by atoms with E-state index in [4.69, 9.17) is 9.26 Å². The van der Waals surface area contributed by atoms with Crippen LogP contribution in [0.1, 0.15) is 38.5 Å². The van der Waals surface area contributed by atoms with Gasteiger partial charge in [0.05, 0.1) is 13.0 Å². The van der Waals surface area contributed by atoms with Gasteiger partial charge in [0, 0.05) is 24.6 Å². The second-order valence-electron chi connectivity index (χ2n) is 6.46. The molecule has 1 aliphatic rings. The molecule has 3 rings (SSSR count). The second kappa shape index (κ2) is 7.03. The van der Waals surface area contributed by atoms with E-state index in [0.717, 1.165) is 30.7 Å². The maximum absolute atomic E-state index is 12.2. The fraction of sp³-hybridized carbons (Fsp3) is 0.500. The summed E-state index contributed by atoms with van der Waals surface area (Å²) in [5, 5.41) is 4.09. The van der Waals surface area contributed by atoms with Gasteiger partial charge in [0.25, 0.3) is 0 Å². The number of aromatic nitrogens is 2. The van der Waals surface area contributed by atoms with Crippen LogP contribution in [0.4, 0.5) is 0 Å². The molecule has 24 heavy (non-hydrogen) atoms. The minimum Gasteiger partial charge on any atom is -0.497 e. The minimum atomic E-state index is 0.0151. The first-order chi connectivity index (χ1) is 11.6. The molecule has 0 spiro atoms. The van der Waals surface area contributed by atoms with Gasteiger partial charge in [0.1, 0.15) is 5.75 Å². The Morgan fingerprint density at radius 3 is 2.75 bits per heavy atom. The SMILES string of the molecule is COc1ccc(-c2noc(C3CCCN(C(=O)C(C)C)C3)n2)cc1. The Morgan fingerprint density at radius 1 is 1.33 bits per heavy atom. The average molecular weight is 329 g/mol. The first-order valence-corrected chi connectivity index (χ1v) is 8.35. The molecule has 0 bridgehead atoms. The minimum absolute atomic E-state index is 0.0151. The number of carbonyl (C=O) groups excluding carboxylic acids is 1. The lowest BCUT2D eigenvalue weighted by Gasteiger charge is -2.32. The number of hydrogen-bond donors (Lipinski definition) is 0. The molecule has 1 atom stereocenters. The summed E-state index contributed by atoms with van der Waals surface area (Å²) >= 11 is 0. The molecule has 0 aliphatic carbocycles. The van der Waals surface area contributed by atoms with E-state index in [1.807, 2.05) is 43.0 Å². The smallest absolute Gasteiger partial charge is 0.231 e. The van der Waals surface area contributed by atoms with Crippen LogP contribution in [-0.2, 0) is 4.79 Å². The van der Waals surface area contributed by atoms with Crippen molar-refractivity contribution in [3.8, 4) is 17.1 Å². The maximum Gasteiger partial charge on any atom is 0.231 e. The fourth-order valence-electron chi connectivity index (χ4n) is 3.00. The number of methoxy groups -OCH3 is 1. The van der Waals surface area contributed by atoms with Gasteiger partial charge in [-0.1, -0.05) is 19.0 Å². The van der Waals surface area contributed by atoms with Crippen molar-refractivity contribution in [3.05, 3.63) is 30.2 Å². The van der Waals surface area contributed by atoms with Gasteiger partial charge in [-0.15, -0.1) is 0 Å². The molecule has 1 unspecified atom stereocenters. The number of benzene rings is 1. The zero-order valence-electron chi connectivity index (χ0n) is 14.4. The van der Waals surface area contributed by atoms with Crippen LogP contribution >= 0.6 is 0 Å². The Labute approximate surface area is 141 Å². The Balaban J connectivity index is 1.73. The van der Waals surface area contributed by atoms with E-state index in [-0.39, 0.29) is 17.7 Å². The summed E-state index contributed by atoms with van der Waals surface area (Å²) in [6.07, 6.45) is 1.93. The largest absolute Gasteiger partial charge is 0.497 e. The van der Waals surface area contributed by atoms with Crippen LogP contribution in [0.15, 0.2) is 28.8 Å². The average Bonchev–Trinajstić information content (AvgIpc) is 3.11. The summed E-state index contributed by atoms with van der Waals surface area (Å²) in [4.78, 5) is 18.7. The number of ether oxygens (including phenoxy) is 1. The lowest BCUT2D eigenvalue weighted by atomic mass is 9.97. The molecule has 6 nitrogen and oxygen atoms in total. The molecule has 1 aromatic carbocycles. The molecule has 128 valence electrons. The standard InChI is InChI=1S/C18H23N3O3/c1-12(2)18(22)21-10-4-5-14(11-21)17-19-16(20-24-17)13-6-8-15(23-3)9-7-13/h6-9,12,14H,4-5,10-11H2,1-3H3. The number of hydrogen-bond acceptors (Lipinski definition) is 5. The Hall–Kier alpha value is -2.37. The summed E-state index contributed by atoms with van der Waals surface area (Å²) < 4.78 is 10.6. The first kappa shape index (κ1) is 16.5. The summed E-state index contributed by atoms with van der Waals surface area (Å²) in [6, 6.07) is 7.55. The van der Waals surface area contributed by atoms with Crippen molar-refractivity contribution in [1.29, 1.82) is 0 Å². The number of carbonyl (C=O) groups is 1. The van der Waals surface area contributed by atoms with Crippen LogP contribution in [0, 0.1) is 5.92 Å². The molecule has 0 radical (unpaired) electrons. The molecule has 1 aliphatic heterocycles. The van der Waals surface area contributed by atoms with Crippen LogP contribution in [-0.4, -0.2) is 41.1 Å². The highest BCUT2D eigenvalue weighted by Crippen LogP contribution is 2.28. The summed E-state index contributed by atoms with van der Waals surface area (Å²) in [5.41, 5.74) is 0.886. The van der Waals surface area contributed by atoms with E-state index in [2.05, 4.69) is 10.1 Å². The molecular formula is C18H23N3O3. The van der Waals surface area contributed by atoms with Crippen molar-refractivity contribution in [2.45, 2.75) is 32.6 Å². The summed E-state index contributed by atoms with van der Waals surface area (Å²) in [7, 11) is 1.63. The van der Waals surface area contributed by atoms with Gasteiger partial charge < -0.3 is 14.2 Å². The number of piperidine rings is 1. The van der Waals surface area contributed by atoms with Gasteiger partial charge in [-0.25, -0.2) is 0 Å². The van der Waals surface area contributed by atoms with Gasteiger partial charge in [0.2, 0.25) is 17.6 Å². The van der Waals surface area contributed by atoms with Crippen molar-refractivity contribution in [3.63, 3.8) is 0 Å². The van der Waals surface area contributed by atoms with Crippen LogP contribution < -0.4 is 4.74 Å². The zero-order valence-corrected chi connectivity index (χ0v) is 14.4. The molecule has 0 N–H and O–H groups in total. The fourth-order valence-corrected chi connectivity index (χ4v) is 3.00. The highest BCUT2D eigenvalue weighted by Gasteiger charge is 2.29. The highest BCUT2D eigenvalue weighted by atomic mass is 16.5. The van der Waals surface area contributed by atoms with E-state index >= 15 is 0 Å². The lowest BCUT2D eigenvalue weighted by molar-refractivity contribution is -0.135. The van der Waals surface area contributed by atoms with Crippen LogP contribution in [0.5, 0.6) is 5.75 Å². The molecule has 1 aromatic heterocycles. The number of rotatable bonds is 4. The molecule has 2 heterocycles.